The van der Waals surface area contributed by atoms with Crippen molar-refractivity contribution in [3.63, 3.8) is 0 Å². The van der Waals surface area contributed by atoms with Gasteiger partial charge in [-0.05, 0) is 23.8 Å². The minimum absolute atomic E-state index is 0.213. The van der Waals surface area contributed by atoms with Crippen LogP contribution in [0.1, 0.15) is 5.56 Å². The van der Waals surface area contributed by atoms with Gasteiger partial charge in [0.25, 0.3) is 0 Å². The number of hydrogen-bond donors (Lipinski definition) is 0. The summed E-state index contributed by atoms with van der Waals surface area (Å²) in [5.41, 5.74) is 1.48. The molecule has 2 aromatic rings. The molecule has 0 radical (unpaired) electrons. The van der Waals surface area contributed by atoms with E-state index in [1.807, 2.05) is 23.9 Å². The zero-order chi connectivity index (χ0) is 11.9. The van der Waals surface area contributed by atoms with Crippen LogP contribution in [0.15, 0.2) is 24.4 Å². The van der Waals surface area contributed by atoms with E-state index in [2.05, 4.69) is 0 Å². The molecule has 16 heavy (non-hydrogen) atoms. The van der Waals surface area contributed by atoms with Crippen molar-refractivity contribution >= 4 is 42.2 Å². The van der Waals surface area contributed by atoms with E-state index in [1.54, 1.807) is 12.1 Å². The standard InChI is InChI=1S/C10H9Cl2NO2S/c1-13-3-2-8-9(11)4-7(5-10(8)13)6-16(12,14)15/h2-5H,6H2,1H3. The molecule has 0 fully saturated rings. The van der Waals surface area contributed by atoms with Gasteiger partial charge in [0.15, 0.2) is 0 Å². The maximum absolute atomic E-state index is 11.0. The third kappa shape index (κ3) is 2.34. The molecule has 0 unspecified atom stereocenters. The minimum atomic E-state index is -3.55. The van der Waals surface area contributed by atoms with Gasteiger partial charge in [-0.15, -0.1) is 0 Å². The second-order valence-corrected chi connectivity index (χ2v) is 6.80. The highest BCUT2D eigenvalue weighted by Crippen LogP contribution is 2.27. The van der Waals surface area contributed by atoms with Gasteiger partial charge in [0.1, 0.15) is 0 Å². The fourth-order valence-electron chi connectivity index (χ4n) is 1.66. The zero-order valence-corrected chi connectivity index (χ0v) is 10.8. The largest absolute Gasteiger partial charge is 0.350 e. The first-order valence-corrected chi connectivity index (χ1v) is 7.38. The maximum Gasteiger partial charge on any atom is 0.236 e. The van der Waals surface area contributed by atoms with Gasteiger partial charge in [-0.1, -0.05) is 11.6 Å². The van der Waals surface area contributed by atoms with Gasteiger partial charge >= 0.3 is 0 Å². The number of nitrogens with zero attached hydrogens (tertiary/aromatic N) is 1. The van der Waals surface area contributed by atoms with E-state index >= 15 is 0 Å². The quantitative estimate of drug-likeness (QED) is 0.792. The lowest BCUT2D eigenvalue weighted by molar-refractivity contribution is 0.609. The Balaban J connectivity index is 2.61. The van der Waals surface area contributed by atoms with E-state index in [-0.39, 0.29) is 5.75 Å². The summed E-state index contributed by atoms with van der Waals surface area (Å²) in [5.74, 6) is -0.213. The second kappa shape index (κ2) is 3.95. The van der Waals surface area contributed by atoms with Gasteiger partial charge in [0.05, 0.1) is 10.8 Å². The number of rotatable bonds is 2. The van der Waals surface area contributed by atoms with Gasteiger partial charge in [-0.3, -0.25) is 0 Å². The van der Waals surface area contributed by atoms with Crippen molar-refractivity contribution in [2.45, 2.75) is 5.75 Å². The van der Waals surface area contributed by atoms with Gasteiger partial charge in [-0.2, -0.15) is 0 Å². The first-order valence-electron chi connectivity index (χ1n) is 4.52. The number of halogens is 2. The average Bonchev–Trinajstić information content (AvgIpc) is 2.45. The molecule has 6 heteroatoms. The van der Waals surface area contributed by atoms with E-state index in [0.717, 1.165) is 10.9 Å². The van der Waals surface area contributed by atoms with Crippen molar-refractivity contribution in [1.82, 2.24) is 4.57 Å². The second-order valence-electron chi connectivity index (χ2n) is 3.62. The SMILES string of the molecule is Cn1ccc2c(Cl)cc(CS(=O)(=O)Cl)cc21. The molecule has 0 atom stereocenters. The first-order chi connectivity index (χ1) is 7.37. The fourth-order valence-corrected chi connectivity index (χ4v) is 2.91. The predicted molar refractivity (Wildman–Crippen MR) is 66.4 cm³/mol. The normalized spacial score (nSPS) is 12.2. The van der Waals surface area contributed by atoms with Crippen LogP contribution in [0.2, 0.25) is 5.02 Å². The van der Waals surface area contributed by atoms with Gasteiger partial charge in [0, 0.05) is 34.8 Å². The van der Waals surface area contributed by atoms with Crippen LogP contribution < -0.4 is 0 Å². The molecule has 86 valence electrons. The maximum atomic E-state index is 11.0. The molecule has 0 spiro atoms. The summed E-state index contributed by atoms with van der Waals surface area (Å²) >= 11 is 6.05. The number of aryl methyl sites for hydroxylation is 1. The summed E-state index contributed by atoms with van der Waals surface area (Å²) in [7, 11) is 3.53. The minimum Gasteiger partial charge on any atom is -0.350 e. The smallest absolute Gasteiger partial charge is 0.236 e. The Hall–Kier alpha value is -0.710. The summed E-state index contributed by atoms with van der Waals surface area (Å²) in [6.45, 7) is 0. The average molecular weight is 278 g/mol. The topological polar surface area (TPSA) is 39.1 Å². The van der Waals surface area contributed by atoms with Crippen LogP contribution in [0.5, 0.6) is 0 Å². The van der Waals surface area contributed by atoms with E-state index in [1.165, 1.54) is 0 Å². The Morgan fingerprint density at radius 1 is 1.38 bits per heavy atom. The third-order valence-corrected chi connectivity index (χ3v) is 3.67. The third-order valence-electron chi connectivity index (χ3n) is 2.35. The van der Waals surface area contributed by atoms with Crippen molar-refractivity contribution in [3.05, 3.63) is 35.0 Å². The molecule has 1 heterocycles. The van der Waals surface area contributed by atoms with Crippen LogP contribution in [0.3, 0.4) is 0 Å². The number of aromatic nitrogens is 1. The molecule has 1 aromatic heterocycles. The van der Waals surface area contributed by atoms with E-state index in [0.29, 0.717) is 10.6 Å². The lowest BCUT2D eigenvalue weighted by Crippen LogP contribution is -1.96. The molecule has 1 aromatic carbocycles. The zero-order valence-electron chi connectivity index (χ0n) is 8.44. The highest BCUT2D eigenvalue weighted by atomic mass is 35.7. The Kier molecular flexibility index (Phi) is 2.90. The summed E-state index contributed by atoms with van der Waals surface area (Å²) < 4.78 is 23.9. The summed E-state index contributed by atoms with van der Waals surface area (Å²) in [4.78, 5) is 0. The molecular weight excluding hydrogens is 269 g/mol. The molecule has 3 nitrogen and oxygen atoms in total. The number of fused-ring (bicyclic) bond motifs is 1. The molecule has 0 aliphatic heterocycles. The van der Waals surface area contributed by atoms with Crippen molar-refractivity contribution in [2.75, 3.05) is 0 Å². The van der Waals surface area contributed by atoms with Crippen LogP contribution in [-0.4, -0.2) is 13.0 Å². The first kappa shape index (κ1) is 11.8. The summed E-state index contributed by atoms with van der Waals surface area (Å²) in [6, 6.07) is 5.29. The van der Waals surface area contributed by atoms with Crippen LogP contribution in [0.4, 0.5) is 0 Å². The van der Waals surface area contributed by atoms with Crippen LogP contribution in [-0.2, 0) is 21.9 Å². The number of hydrogen-bond acceptors (Lipinski definition) is 2. The fraction of sp³-hybridized carbons (Fsp3) is 0.200. The van der Waals surface area contributed by atoms with Crippen molar-refractivity contribution < 1.29 is 8.42 Å². The lowest BCUT2D eigenvalue weighted by Gasteiger charge is -2.03. The van der Waals surface area contributed by atoms with E-state index in [9.17, 15) is 8.42 Å². The monoisotopic (exact) mass is 277 g/mol. The molecule has 0 saturated heterocycles. The molecule has 0 saturated carbocycles. The van der Waals surface area contributed by atoms with E-state index < -0.39 is 9.05 Å². The van der Waals surface area contributed by atoms with Crippen molar-refractivity contribution in [1.29, 1.82) is 0 Å². The van der Waals surface area contributed by atoms with Gasteiger partial charge in [-0.25, -0.2) is 8.42 Å². The lowest BCUT2D eigenvalue weighted by atomic mass is 10.2. The summed E-state index contributed by atoms with van der Waals surface area (Å²) in [6.07, 6.45) is 1.87. The Labute approximate surface area is 103 Å². The molecule has 0 amide bonds. The van der Waals surface area contributed by atoms with Gasteiger partial charge < -0.3 is 4.57 Å². The number of benzene rings is 1. The highest BCUT2D eigenvalue weighted by molar-refractivity contribution is 8.13. The van der Waals surface area contributed by atoms with Crippen molar-refractivity contribution in [3.8, 4) is 0 Å². The van der Waals surface area contributed by atoms with Gasteiger partial charge in [0.2, 0.25) is 9.05 Å². The van der Waals surface area contributed by atoms with Crippen LogP contribution in [0.25, 0.3) is 10.9 Å². The molecular formula is C10H9Cl2NO2S. The molecule has 0 N–H and O–H groups in total. The highest BCUT2D eigenvalue weighted by Gasteiger charge is 2.11. The molecule has 2 rings (SSSR count). The van der Waals surface area contributed by atoms with Crippen LogP contribution in [0, 0.1) is 0 Å². The molecule has 0 aliphatic carbocycles. The Bertz CT molecular complexity index is 646. The molecule has 0 aliphatic rings. The molecule has 0 bridgehead atoms. The van der Waals surface area contributed by atoms with Crippen LogP contribution >= 0.6 is 22.3 Å². The summed E-state index contributed by atoms with van der Waals surface area (Å²) in [5, 5.41) is 1.44. The Morgan fingerprint density at radius 2 is 2.06 bits per heavy atom. The van der Waals surface area contributed by atoms with Crippen molar-refractivity contribution in [2.24, 2.45) is 7.05 Å². The predicted octanol–water partition coefficient (Wildman–Crippen LogP) is 2.90. The Morgan fingerprint density at radius 3 is 2.69 bits per heavy atom. The van der Waals surface area contributed by atoms with E-state index in [4.69, 9.17) is 22.3 Å².